The zero-order valence-corrected chi connectivity index (χ0v) is 18.2. The second-order valence-corrected chi connectivity index (χ2v) is 9.58. The first kappa shape index (κ1) is 21.6. The minimum absolute atomic E-state index is 0.338. The van der Waals surface area contributed by atoms with Crippen molar-refractivity contribution < 1.29 is 19.5 Å². The summed E-state index contributed by atoms with van der Waals surface area (Å²) in [7, 11) is 0. The van der Waals surface area contributed by atoms with E-state index in [1.54, 1.807) is 0 Å². The number of amides is 2. The molecule has 3 rings (SSSR count). The Bertz CT molecular complexity index is 870. The van der Waals surface area contributed by atoms with Gasteiger partial charge >= 0.3 is 5.97 Å². The average molecular weight is 419 g/mol. The first-order valence-electron chi connectivity index (χ1n) is 10.4. The van der Waals surface area contributed by atoms with Crippen molar-refractivity contribution in [1.29, 1.82) is 0 Å². The van der Waals surface area contributed by atoms with Gasteiger partial charge in [-0.25, -0.2) is 0 Å². The molecule has 7 heteroatoms. The molecule has 0 bridgehead atoms. The molecule has 0 fully saturated rings. The van der Waals surface area contributed by atoms with E-state index in [4.69, 9.17) is 5.73 Å². The van der Waals surface area contributed by atoms with Crippen molar-refractivity contribution in [2.75, 3.05) is 5.32 Å². The molecule has 158 valence electrons. The molecule has 1 aromatic heterocycles. The van der Waals surface area contributed by atoms with E-state index in [2.05, 4.69) is 12.2 Å². The summed E-state index contributed by atoms with van der Waals surface area (Å²) in [6.07, 6.45) is 5.81. The highest BCUT2D eigenvalue weighted by atomic mass is 32.1. The lowest BCUT2D eigenvalue weighted by atomic mass is 9.76. The smallest absolute Gasteiger partial charge is 0.307 e. The molecule has 0 aliphatic heterocycles. The largest absolute Gasteiger partial charge is 0.481 e. The van der Waals surface area contributed by atoms with Crippen LogP contribution < -0.4 is 11.1 Å². The van der Waals surface area contributed by atoms with Gasteiger partial charge in [0.15, 0.2) is 0 Å². The number of hydrogen-bond donors (Lipinski definition) is 3. The SMILES string of the molecule is CCCC1CCc2c(sc(NC(=O)C3CC(C)=C(C)CC3C(=O)O)c2C(N)=O)C1. The molecule has 0 aromatic carbocycles. The van der Waals surface area contributed by atoms with Crippen LogP contribution in [0.5, 0.6) is 0 Å². The number of carboxylic acid groups (broad SMARTS) is 1. The van der Waals surface area contributed by atoms with Crippen LogP contribution in [-0.2, 0) is 22.4 Å². The van der Waals surface area contributed by atoms with Gasteiger partial charge in [-0.1, -0.05) is 30.9 Å². The van der Waals surface area contributed by atoms with Gasteiger partial charge < -0.3 is 16.2 Å². The van der Waals surface area contributed by atoms with Crippen LogP contribution in [0.3, 0.4) is 0 Å². The van der Waals surface area contributed by atoms with Crippen molar-refractivity contribution >= 4 is 34.1 Å². The Labute approximate surface area is 175 Å². The predicted octanol–water partition coefficient (Wildman–Crippen LogP) is 4.14. The zero-order chi connectivity index (χ0) is 21.3. The molecule has 29 heavy (non-hydrogen) atoms. The summed E-state index contributed by atoms with van der Waals surface area (Å²) in [5, 5.41) is 13.0. The molecule has 0 spiro atoms. The minimum atomic E-state index is -0.958. The number of rotatable bonds is 6. The fraction of sp³-hybridized carbons (Fsp3) is 0.591. The van der Waals surface area contributed by atoms with E-state index in [1.807, 2.05) is 13.8 Å². The van der Waals surface area contributed by atoms with Crippen LogP contribution in [-0.4, -0.2) is 22.9 Å². The number of carboxylic acids is 1. The molecular weight excluding hydrogens is 388 g/mol. The summed E-state index contributed by atoms with van der Waals surface area (Å²) in [6, 6.07) is 0. The maximum Gasteiger partial charge on any atom is 0.307 e. The van der Waals surface area contributed by atoms with Gasteiger partial charge in [0.25, 0.3) is 5.91 Å². The Morgan fingerprint density at radius 2 is 1.79 bits per heavy atom. The van der Waals surface area contributed by atoms with Crippen molar-refractivity contribution in [1.82, 2.24) is 0 Å². The minimum Gasteiger partial charge on any atom is -0.481 e. The maximum absolute atomic E-state index is 13.0. The van der Waals surface area contributed by atoms with Crippen molar-refractivity contribution in [3.05, 3.63) is 27.2 Å². The Hall–Kier alpha value is -2.15. The number of thiophene rings is 1. The Kier molecular flexibility index (Phi) is 6.46. The van der Waals surface area contributed by atoms with E-state index in [0.717, 1.165) is 53.7 Å². The van der Waals surface area contributed by atoms with E-state index >= 15 is 0 Å². The van der Waals surface area contributed by atoms with Gasteiger partial charge in [-0.15, -0.1) is 11.3 Å². The Morgan fingerprint density at radius 3 is 2.38 bits per heavy atom. The van der Waals surface area contributed by atoms with E-state index in [-0.39, 0.29) is 5.91 Å². The van der Waals surface area contributed by atoms with E-state index in [1.165, 1.54) is 11.3 Å². The molecule has 0 saturated heterocycles. The number of anilines is 1. The monoisotopic (exact) mass is 418 g/mol. The highest BCUT2D eigenvalue weighted by molar-refractivity contribution is 7.17. The second-order valence-electron chi connectivity index (χ2n) is 8.48. The summed E-state index contributed by atoms with van der Waals surface area (Å²) in [5.74, 6) is -2.63. The molecule has 6 nitrogen and oxygen atoms in total. The number of hydrogen-bond acceptors (Lipinski definition) is 4. The first-order chi connectivity index (χ1) is 13.7. The van der Waals surface area contributed by atoms with Crippen LogP contribution in [0.2, 0.25) is 0 Å². The molecule has 2 aliphatic rings. The second kappa shape index (κ2) is 8.69. The molecule has 3 unspecified atom stereocenters. The van der Waals surface area contributed by atoms with Crippen LogP contribution in [0.4, 0.5) is 5.00 Å². The van der Waals surface area contributed by atoms with Gasteiger partial charge in [0, 0.05) is 4.88 Å². The van der Waals surface area contributed by atoms with Crippen molar-refractivity contribution in [3.63, 3.8) is 0 Å². The number of nitrogens with one attached hydrogen (secondary N) is 1. The normalized spacial score (nSPS) is 24.2. The fourth-order valence-corrected chi connectivity index (χ4v) is 6.06. The number of allylic oxidation sites excluding steroid dienone is 2. The Balaban J connectivity index is 1.87. The lowest BCUT2D eigenvalue weighted by molar-refractivity contribution is -0.146. The lowest BCUT2D eigenvalue weighted by Crippen LogP contribution is -2.36. The molecule has 1 heterocycles. The highest BCUT2D eigenvalue weighted by Gasteiger charge is 2.38. The summed E-state index contributed by atoms with van der Waals surface area (Å²) in [4.78, 5) is 38.1. The van der Waals surface area contributed by atoms with Gasteiger partial charge in [0.1, 0.15) is 5.00 Å². The van der Waals surface area contributed by atoms with Crippen molar-refractivity contribution in [2.24, 2.45) is 23.5 Å². The summed E-state index contributed by atoms with van der Waals surface area (Å²) >= 11 is 1.43. The van der Waals surface area contributed by atoms with Gasteiger partial charge in [0.05, 0.1) is 17.4 Å². The summed E-state index contributed by atoms with van der Waals surface area (Å²) in [5.41, 5.74) is 9.14. The molecule has 2 aliphatic carbocycles. The molecule has 0 radical (unpaired) electrons. The third-order valence-electron chi connectivity index (χ3n) is 6.47. The zero-order valence-electron chi connectivity index (χ0n) is 17.3. The van der Waals surface area contributed by atoms with E-state index < -0.39 is 23.7 Å². The van der Waals surface area contributed by atoms with Gasteiger partial charge in [-0.05, 0) is 57.4 Å². The van der Waals surface area contributed by atoms with Crippen LogP contribution in [0.15, 0.2) is 11.1 Å². The number of aliphatic carboxylic acids is 1. The van der Waals surface area contributed by atoms with Gasteiger partial charge in [-0.2, -0.15) is 0 Å². The van der Waals surface area contributed by atoms with Gasteiger partial charge in [0.2, 0.25) is 5.91 Å². The average Bonchev–Trinajstić information content (AvgIpc) is 3.00. The third-order valence-corrected chi connectivity index (χ3v) is 7.64. The molecule has 2 amide bonds. The highest BCUT2D eigenvalue weighted by Crippen LogP contribution is 2.42. The maximum atomic E-state index is 13.0. The Morgan fingerprint density at radius 1 is 1.14 bits per heavy atom. The quantitative estimate of drug-likeness (QED) is 0.603. The van der Waals surface area contributed by atoms with Crippen LogP contribution in [0.1, 0.15) is 73.7 Å². The topological polar surface area (TPSA) is 109 Å². The third kappa shape index (κ3) is 4.39. The van der Waals surface area contributed by atoms with Gasteiger partial charge in [-0.3, -0.25) is 14.4 Å². The van der Waals surface area contributed by atoms with Crippen LogP contribution in [0.25, 0.3) is 0 Å². The van der Waals surface area contributed by atoms with Crippen molar-refractivity contribution in [2.45, 2.75) is 65.7 Å². The van der Waals surface area contributed by atoms with Crippen molar-refractivity contribution in [3.8, 4) is 0 Å². The molecule has 1 aromatic rings. The number of carbonyl (C=O) groups is 3. The standard InChI is InChI=1S/C22H30N2O4S/c1-4-5-13-6-7-14-17(10-13)29-21(18(14)19(23)25)24-20(26)15-8-11(2)12(3)9-16(15)22(27)28/h13,15-16H,4-10H2,1-3H3,(H2,23,25)(H,24,26)(H,27,28). The lowest BCUT2D eigenvalue weighted by Gasteiger charge is -2.29. The number of carbonyl (C=O) groups excluding carboxylic acids is 2. The molecule has 0 saturated carbocycles. The molecular formula is C22H30N2O4S. The predicted molar refractivity (Wildman–Crippen MR) is 114 cm³/mol. The van der Waals surface area contributed by atoms with E-state index in [9.17, 15) is 19.5 Å². The molecule has 4 N–H and O–H groups in total. The number of primary amides is 1. The van der Waals surface area contributed by atoms with E-state index in [0.29, 0.717) is 29.3 Å². The number of fused-ring (bicyclic) bond motifs is 1. The fourth-order valence-electron chi connectivity index (χ4n) is 4.69. The first-order valence-corrected chi connectivity index (χ1v) is 11.2. The van der Waals surface area contributed by atoms with Crippen LogP contribution >= 0.6 is 11.3 Å². The van der Waals surface area contributed by atoms with Crippen LogP contribution in [0, 0.1) is 17.8 Å². The summed E-state index contributed by atoms with van der Waals surface area (Å²) in [6.45, 7) is 6.04. The molecule has 3 atom stereocenters. The number of nitrogens with two attached hydrogens (primary N) is 1. The summed E-state index contributed by atoms with van der Waals surface area (Å²) < 4.78 is 0.